The molecule has 0 aliphatic carbocycles. The third kappa shape index (κ3) is 14.7. The van der Waals surface area contributed by atoms with E-state index in [4.69, 9.17) is 16.0 Å². The minimum absolute atomic E-state index is 0.00705. The Hall–Kier alpha value is -3.36. The van der Waals surface area contributed by atoms with E-state index in [1.807, 2.05) is 5.32 Å². The summed E-state index contributed by atoms with van der Waals surface area (Å²) in [7, 11) is -8.28. The van der Waals surface area contributed by atoms with Crippen LogP contribution >= 0.6 is 0 Å². The highest BCUT2D eigenvalue weighted by Crippen LogP contribution is 2.09. The van der Waals surface area contributed by atoms with Crippen molar-refractivity contribution in [1.82, 2.24) is 21.3 Å². The molecule has 4 amide bonds. The Morgan fingerprint density at radius 3 is 1.88 bits per heavy atom. The Balaban J connectivity index is 2.70. The van der Waals surface area contributed by atoms with Crippen LogP contribution in [0.2, 0.25) is 0 Å². The highest BCUT2D eigenvalue weighted by Gasteiger charge is 2.32. The summed E-state index contributed by atoms with van der Waals surface area (Å²) >= 11 is 0. The summed E-state index contributed by atoms with van der Waals surface area (Å²) in [6, 6.07) is 1.92. The molecule has 1 rings (SSSR count). The molecule has 0 bridgehead atoms. The molecule has 19 heteroatoms. The van der Waals surface area contributed by atoms with Gasteiger partial charge in [-0.05, 0) is 50.6 Å². The van der Waals surface area contributed by atoms with Gasteiger partial charge in [0.05, 0.1) is 5.75 Å². The summed E-state index contributed by atoms with van der Waals surface area (Å²) in [5.74, 6) is -6.06. The Morgan fingerprint density at radius 2 is 1.37 bits per heavy atom. The average Bonchev–Trinajstić information content (AvgIpc) is 2.87. The van der Waals surface area contributed by atoms with Crippen molar-refractivity contribution in [3.05, 3.63) is 29.8 Å². The number of nitrogens with two attached hydrogens (primary N) is 2. The first-order chi connectivity index (χ1) is 19.1. The van der Waals surface area contributed by atoms with Crippen molar-refractivity contribution < 1.29 is 45.1 Å². The van der Waals surface area contributed by atoms with Crippen LogP contribution in [0.1, 0.15) is 29.6 Å². The lowest BCUT2D eigenvalue weighted by Crippen LogP contribution is -2.58. The molecule has 1 aromatic carbocycles. The fraction of sp³-hybridized carbons (Fsp3) is 0.545. The number of benzene rings is 1. The van der Waals surface area contributed by atoms with Crippen molar-refractivity contribution in [2.45, 2.75) is 37.4 Å². The molecular weight excluding hydrogens is 586 g/mol. The van der Waals surface area contributed by atoms with E-state index in [-0.39, 0.29) is 18.9 Å². The van der Waals surface area contributed by atoms with E-state index in [0.717, 1.165) is 5.69 Å². The Morgan fingerprint density at radius 1 is 0.829 bits per heavy atom. The molecule has 0 aliphatic heterocycles. The van der Waals surface area contributed by atoms with E-state index in [1.54, 1.807) is 24.3 Å². The number of amides is 4. The Kier molecular flexibility index (Phi) is 14.6. The van der Waals surface area contributed by atoms with E-state index < -0.39 is 67.6 Å². The summed E-state index contributed by atoms with van der Waals surface area (Å²) in [4.78, 5) is 49.3. The fourth-order valence-electron chi connectivity index (χ4n) is 3.46. The van der Waals surface area contributed by atoms with Crippen molar-refractivity contribution in [3.8, 4) is 0 Å². The number of hydrogen-bond donors (Lipinski definition) is 9. The molecule has 0 fully saturated rings. The van der Waals surface area contributed by atoms with E-state index >= 15 is 0 Å². The van der Waals surface area contributed by atoms with E-state index in [2.05, 4.69) is 21.3 Å². The number of rotatable bonds is 19. The van der Waals surface area contributed by atoms with E-state index in [0.29, 0.717) is 31.5 Å². The topological polar surface area (TPSA) is 289 Å². The maximum absolute atomic E-state index is 12.7. The monoisotopic (exact) mass is 623 g/mol. The molecule has 0 radical (unpaired) electrons. The second-order valence-electron chi connectivity index (χ2n) is 8.91. The lowest BCUT2D eigenvalue weighted by Gasteiger charge is -2.23. The van der Waals surface area contributed by atoms with Crippen LogP contribution in [0, 0.1) is 0 Å². The van der Waals surface area contributed by atoms with Crippen LogP contribution in [-0.2, 0) is 34.6 Å². The lowest BCUT2D eigenvalue weighted by molar-refractivity contribution is -0.131. The summed E-state index contributed by atoms with van der Waals surface area (Å²) < 4.78 is 63.2. The van der Waals surface area contributed by atoms with Crippen LogP contribution in [-0.4, -0.2) is 106 Å². The zero-order valence-electron chi connectivity index (χ0n) is 22.3. The van der Waals surface area contributed by atoms with Crippen molar-refractivity contribution in [3.63, 3.8) is 0 Å². The molecule has 11 N–H and O–H groups in total. The SMILES string of the molecule is CN[C@@H](CS(=O)(=O)O)C(=O)N[C@@H](CS(=O)(=O)O)C(=O)N[C@@H](CCCCNC(=O)c1ccc(NCCN)cc1)C(N)=O. The molecule has 232 valence electrons. The van der Waals surface area contributed by atoms with Gasteiger partial charge in [-0.2, -0.15) is 16.8 Å². The first kappa shape index (κ1) is 35.7. The fourth-order valence-corrected chi connectivity index (χ4v) is 4.85. The minimum Gasteiger partial charge on any atom is -0.384 e. The number of carbonyl (C=O) groups excluding carboxylic acids is 4. The predicted octanol–water partition coefficient (Wildman–Crippen LogP) is -3.22. The molecule has 0 aliphatic rings. The first-order valence-electron chi connectivity index (χ1n) is 12.4. The van der Waals surface area contributed by atoms with Crippen molar-refractivity contribution >= 4 is 49.6 Å². The maximum Gasteiger partial charge on any atom is 0.267 e. The standard InChI is InChI=1S/C22H37N7O10S2/c1-25-17(12-40(34,35)36)21(32)29-18(13-41(37,38)39)22(33)28-16(19(24)30)4-2-3-10-27-20(31)14-5-7-15(8-6-14)26-11-9-23/h5-8,16-18,25-26H,2-4,9-13,23H2,1H3,(H2,24,30)(H,27,31)(H,28,33)(H,29,32)(H,34,35,36)(H,37,38,39)/t16-,17-,18-/m0/s1. The third-order valence-corrected chi connectivity index (χ3v) is 7.05. The van der Waals surface area contributed by atoms with Gasteiger partial charge < -0.3 is 38.1 Å². The number of carbonyl (C=O) groups is 4. The molecule has 0 unspecified atom stereocenters. The minimum atomic E-state index is -4.83. The van der Waals surface area contributed by atoms with Gasteiger partial charge in [-0.15, -0.1) is 0 Å². The van der Waals surface area contributed by atoms with Gasteiger partial charge in [0.25, 0.3) is 26.1 Å². The van der Waals surface area contributed by atoms with Gasteiger partial charge in [-0.1, -0.05) is 0 Å². The third-order valence-electron chi connectivity index (χ3n) is 5.54. The number of hydrogen-bond acceptors (Lipinski definition) is 11. The molecule has 3 atom stereocenters. The van der Waals surface area contributed by atoms with Crippen LogP contribution in [0.4, 0.5) is 5.69 Å². The maximum atomic E-state index is 12.7. The zero-order chi connectivity index (χ0) is 31.2. The van der Waals surface area contributed by atoms with Crippen LogP contribution in [0.3, 0.4) is 0 Å². The van der Waals surface area contributed by atoms with Gasteiger partial charge in [-0.25, -0.2) is 0 Å². The molecule has 17 nitrogen and oxygen atoms in total. The van der Waals surface area contributed by atoms with Crippen LogP contribution < -0.4 is 38.1 Å². The van der Waals surface area contributed by atoms with Crippen molar-refractivity contribution in [2.75, 3.05) is 43.5 Å². The molecule has 1 aromatic rings. The van der Waals surface area contributed by atoms with Crippen molar-refractivity contribution in [2.24, 2.45) is 11.5 Å². The van der Waals surface area contributed by atoms with E-state index in [1.165, 1.54) is 7.05 Å². The summed E-state index contributed by atoms with van der Waals surface area (Å²) in [5, 5.41) is 12.2. The highest BCUT2D eigenvalue weighted by atomic mass is 32.2. The number of likely N-dealkylation sites (N-methyl/N-ethyl adjacent to an activating group) is 1. The smallest absolute Gasteiger partial charge is 0.267 e. The molecule has 0 saturated carbocycles. The van der Waals surface area contributed by atoms with Gasteiger partial charge in [0.15, 0.2) is 0 Å². The van der Waals surface area contributed by atoms with Crippen LogP contribution in [0.25, 0.3) is 0 Å². The van der Waals surface area contributed by atoms with Crippen LogP contribution in [0.5, 0.6) is 0 Å². The lowest BCUT2D eigenvalue weighted by atomic mass is 10.1. The first-order valence-corrected chi connectivity index (χ1v) is 15.6. The quantitative estimate of drug-likeness (QED) is 0.0542. The predicted molar refractivity (Wildman–Crippen MR) is 149 cm³/mol. The molecule has 0 heterocycles. The zero-order valence-corrected chi connectivity index (χ0v) is 24.0. The molecule has 0 saturated heterocycles. The molecular formula is C22H37N7O10S2. The largest absolute Gasteiger partial charge is 0.384 e. The number of anilines is 1. The van der Waals surface area contributed by atoms with Gasteiger partial charge >= 0.3 is 0 Å². The van der Waals surface area contributed by atoms with Gasteiger partial charge in [-0.3, -0.25) is 28.3 Å². The summed E-state index contributed by atoms with van der Waals surface area (Å²) in [6.07, 6.45) is 0.667. The molecule has 41 heavy (non-hydrogen) atoms. The highest BCUT2D eigenvalue weighted by molar-refractivity contribution is 7.86. The number of nitrogens with one attached hydrogen (secondary N) is 5. The van der Waals surface area contributed by atoms with Gasteiger partial charge in [0.1, 0.15) is 23.9 Å². The number of primary amides is 1. The Labute approximate surface area is 238 Å². The normalized spacial score (nSPS) is 13.9. The Bertz CT molecular complexity index is 1260. The van der Waals surface area contributed by atoms with Crippen LogP contribution in [0.15, 0.2) is 24.3 Å². The second-order valence-corrected chi connectivity index (χ2v) is 11.9. The average molecular weight is 624 g/mol. The molecule has 0 aromatic heterocycles. The summed E-state index contributed by atoms with van der Waals surface area (Å²) in [6.45, 7) is 1.27. The second kappa shape index (κ2) is 16.8. The summed E-state index contributed by atoms with van der Waals surface area (Å²) in [5.41, 5.74) is 12.0. The van der Waals surface area contributed by atoms with E-state index in [9.17, 15) is 40.6 Å². The van der Waals surface area contributed by atoms with Gasteiger partial charge in [0.2, 0.25) is 17.7 Å². The van der Waals surface area contributed by atoms with Gasteiger partial charge in [0, 0.05) is 30.9 Å². The van der Waals surface area contributed by atoms with Crippen molar-refractivity contribution in [1.29, 1.82) is 0 Å². The molecule has 0 spiro atoms. The number of unbranched alkanes of at least 4 members (excludes halogenated alkanes) is 1.